The summed E-state index contributed by atoms with van der Waals surface area (Å²) in [6.45, 7) is 0.671. The molecule has 0 bridgehead atoms. The molecule has 0 unspecified atom stereocenters. The first-order valence-electron chi connectivity index (χ1n) is 5.94. The third kappa shape index (κ3) is 2.33. The van der Waals surface area contributed by atoms with Crippen LogP contribution in [0.15, 0.2) is 36.9 Å². The molecule has 0 atom stereocenters. The van der Waals surface area contributed by atoms with Crippen LogP contribution in [0.3, 0.4) is 0 Å². The van der Waals surface area contributed by atoms with E-state index in [-0.39, 0.29) is 0 Å². The SMILES string of the molecule is Cn1cc(CNc2ncnc3cc(N)ccc23)cn1. The molecule has 19 heavy (non-hydrogen) atoms. The molecule has 6 nitrogen and oxygen atoms in total. The lowest BCUT2D eigenvalue weighted by molar-refractivity contribution is 0.767. The fourth-order valence-corrected chi connectivity index (χ4v) is 1.96. The summed E-state index contributed by atoms with van der Waals surface area (Å²) in [6.07, 6.45) is 5.33. The van der Waals surface area contributed by atoms with Crippen LogP contribution < -0.4 is 11.1 Å². The lowest BCUT2D eigenvalue weighted by atomic mass is 10.2. The molecule has 6 heteroatoms. The molecule has 0 aliphatic heterocycles. The van der Waals surface area contributed by atoms with Gasteiger partial charge < -0.3 is 11.1 Å². The number of fused-ring (bicyclic) bond motifs is 1. The van der Waals surface area contributed by atoms with E-state index in [2.05, 4.69) is 20.4 Å². The number of aryl methyl sites for hydroxylation is 1. The van der Waals surface area contributed by atoms with Gasteiger partial charge in [-0.15, -0.1) is 0 Å². The average Bonchev–Trinajstić information content (AvgIpc) is 2.81. The lowest BCUT2D eigenvalue weighted by Crippen LogP contribution is -2.02. The van der Waals surface area contributed by atoms with Gasteiger partial charge in [-0.25, -0.2) is 9.97 Å². The second-order valence-electron chi connectivity index (χ2n) is 4.37. The molecule has 1 aromatic carbocycles. The van der Waals surface area contributed by atoms with Crippen LogP contribution in [0, 0.1) is 0 Å². The van der Waals surface area contributed by atoms with Crippen LogP contribution in [0.1, 0.15) is 5.56 Å². The minimum atomic E-state index is 0.671. The highest BCUT2D eigenvalue weighted by atomic mass is 15.2. The molecule has 0 spiro atoms. The molecule has 96 valence electrons. The molecule has 2 aromatic heterocycles. The van der Waals surface area contributed by atoms with Crippen LogP contribution >= 0.6 is 0 Å². The van der Waals surface area contributed by atoms with Crippen molar-refractivity contribution in [3.05, 3.63) is 42.5 Å². The molecule has 2 heterocycles. The van der Waals surface area contributed by atoms with Crippen LogP contribution in [0.5, 0.6) is 0 Å². The first kappa shape index (κ1) is 11.5. The third-order valence-corrected chi connectivity index (χ3v) is 2.88. The summed E-state index contributed by atoms with van der Waals surface area (Å²) in [7, 11) is 1.90. The number of hydrogen-bond donors (Lipinski definition) is 2. The minimum absolute atomic E-state index is 0.671. The van der Waals surface area contributed by atoms with Crippen molar-refractivity contribution in [2.75, 3.05) is 11.1 Å². The van der Waals surface area contributed by atoms with E-state index in [4.69, 9.17) is 5.73 Å². The van der Waals surface area contributed by atoms with Gasteiger partial charge in [0.15, 0.2) is 0 Å². The van der Waals surface area contributed by atoms with E-state index in [1.807, 2.05) is 37.6 Å². The Hall–Kier alpha value is -2.63. The van der Waals surface area contributed by atoms with E-state index < -0.39 is 0 Å². The van der Waals surface area contributed by atoms with Gasteiger partial charge in [-0.2, -0.15) is 5.10 Å². The van der Waals surface area contributed by atoms with E-state index in [0.29, 0.717) is 12.2 Å². The molecule has 0 aliphatic rings. The van der Waals surface area contributed by atoms with Crippen molar-refractivity contribution in [1.82, 2.24) is 19.7 Å². The summed E-state index contributed by atoms with van der Waals surface area (Å²) < 4.78 is 1.77. The van der Waals surface area contributed by atoms with Gasteiger partial charge >= 0.3 is 0 Å². The zero-order valence-electron chi connectivity index (χ0n) is 10.5. The normalized spacial score (nSPS) is 10.8. The van der Waals surface area contributed by atoms with Gasteiger partial charge in [0.05, 0.1) is 11.7 Å². The van der Waals surface area contributed by atoms with E-state index in [1.165, 1.54) is 6.33 Å². The summed E-state index contributed by atoms with van der Waals surface area (Å²) in [4.78, 5) is 8.48. The predicted octanol–water partition coefficient (Wildman–Crippen LogP) is 1.56. The van der Waals surface area contributed by atoms with Crippen LogP contribution in [0.2, 0.25) is 0 Å². The van der Waals surface area contributed by atoms with Crippen LogP contribution in [0.25, 0.3) is 10.9 Å². The smallest absolute Gasteiger partial charge is 0.137 e. The molecule has 3 N–H and O–H groups in total. The number of aromatic nitrogens is 4. The van der Waals surface area contributed by atoms with E-state index in [1.54, 1.807) is 4.68 Å². The maximum Gasteiger partial charge on any atom is 0.137 e. The van der Waals surface area contributed by atoms with Crippen molar-refractivity contribution in [1.29, 1.82) is 0 Å². The number of nitrogens with one attached hydrogen (secondary N) is 1. The number of nitrogens with zero attached hydrogens (tertiary/aromatic N) is 4. The Labute approximate surface area is 110 Å². The van der Waals surface area contributed by atoms with E-state index in [9.17, 15) is 0 Å². The van der Waals surface area contributed by atoms with Gasteiger partial charge in [0.2, 0.25) is 0 Å². The number of nitrogens with two attached hydrogens (primary N) is 1. The Morgan fingerprint density at radius 1 is 1.32 bits per heavy atom. The molecule has 3 aromatic rings. The molecule has 3 rings (SSSR count). The second kappa shape index (κ2) is 4.56. The molecule has 0 fully saturated rings. The zero-order valence-corrected chi connectivity index (χ0v) is 10.5. The van der Waals surface area contributed by atoms with Gasteiger partial charge in [0.1, 0.15) is 12.1 Å². The number of rotatable bonds is 3. The third-order valence-electron chi connectivity index (χ3n) is 2.88. The minimum Gasteiger partial charge on any atom is -0.399 e. The molecule has 0 radical (unpaired) electrons. The number of hydrogen-bond acceptors (Lipinski definition) is 5. The molecule has 0 aliphatic carbocycles. The summed E-state index contributed by atoms with van der Waals surface area (Å²) in [5, 5.41) is 8.38. The standard InChI is InChI=1S/C13H14N6/c1-19-7-9(6-18-19)5-15-13-11-3-2-10(14)4-12(11)16-8-17-13/h2-4,6-8H,5,14H2,1H3,(H,15,16,17). The number of anilines is 2. The fraction of sp³-hybridized carbons (Fsp3) is 0.154. The molecule has 0 saturated carbocycles. The van der Waals surface area contributed by atoms with Crippen molar-refractivity contribution >= 4 is 22.4 Å². The Kier molecular flexibility index (Phi) is 2.75. The highest BCUT2D eigenvalue weighted by molar-refractivity contribution is 5.90. The largest absolute Gasteiger partial charge is 0.399 e. The fourth-order valence-electron chi connectivity index (χ4n) is 1.96. The summed E-state index contributed by atoms with van der Waals surface area (Å²) >= 11 is 0. The maximum atomic E-state index is 5.75. The van der Waals surface area contributed by atoms with Crippen molar-refractivity contribution in [2.45, 2.75) is 6.54 Å². The number of nitrogen functional groups attached to an aromatic ring is 1. The summed E-state index contributed by atoms with van der Waals surface area (Å²) in [5.74, 6) is 0.800. The van der Waals surface area contributed by atoms with Crippen molar-refractivity contribution in [3.63, 3.8) is 0 Å². The second-order valence-corrected chi connectivity index (χ2v) is 4.37. The van der Waals surface area contributed by atoms with Crippen LogP contribution in [-0.4, -0.2) is 19.7 Å². The average molecular weight is 254 g/mol. The van der Waals surface area contributed by atoms with Gasteiger partial charge in [-0.1, -0.05) is 0 Å². The lowest BCUT2D eigenvalue weighted by Gasteiger charge is -2.07. The summed E-state index contributed by atoms with van der Waals surface area (Å²) in [6, 6.07) is 5.61. The van der Waals surface area contributed by atoms with Crippen molar-refractivity contribution in [3.8, 4) is 0 Å². The van der Waals surface area contributed by atoms with Gasteiger partial charge in [-0.05, 0) is 18.2 Å². The van der Waals surface area contributed by atoms with Gasteiger partial charge in [0, 0.05) is 36.4 Å². The van der Waals surface area contributed by atoms with E-state index >= 15 is 0 Å². The topological polar surface area (TPSA) is 81.7 Å². The molecular weight excluding hydrogens is 240 g/mol. The van der Waals surface area contributed by atoms with Crippen LogP contribution in [0.4, 0.5) is 11.5 Å². The van der Waals surface area contributed by atoms with Crippen LogP contribution in [-0.2, 0) is 13.6 Å². The Balaban J connectivity index is 1.88. The first-order valence-corrected chi connectivity index (χ1v) is 5.94. The van der Waals surface area contributed by atoms with Gasteiger partial charge in [-0.3, -0.25) is 4.68 Å². The molecule has 0 amide bonds. The van der Waals surface area contributed by atoms with Crippen molar-refractivity contribution in [2.24, 2.45) is 7.05 Å². The Morgan fingerprint density at radius 3 is 3.00 bits per heavy atom. The van der Waals surface area contributed by atoms with Crippen molar-refractivity contribution < 1.29 is 0 Å². The quantitative estimate of drug-likeness (QED) is 0.693. The molecule has 0 saturated heterocycles. The highest BCUT2D eigenvalue weighted by Crippen LogP contribution is 2.21. The monoisotopic (exact) mass is 254 g/mol. The maximum absolute atomic E-state index is 5.75. The highest BCUT2D eigenvalue weighted by Gasteiger charge is 2.04. The number of benzene rings is 1. The Morgan fingerprint density at radius 2 is 2.21 bits per heavy atom. The Bertz CT molecular complexity index is 718. The molecular formula is C13H14N6. The summed E-state index contributed by atoms with van der Waals surface area (Å²) in [5.41, 5.74) is 8.39. The predicted molar refractivity (Wildman–Crippen MR) is 74.5 cm³/mol. The van der Waals surface area contributed by atoms with E-state index in [0.717, 1.165) is 22.3 Å². The first-order chi connectivity index (χ1) is 9.22. The van der Waals surface area contributed by atoms with Gasteiger partial charge in [0.25, 0.3) is 0 Å². The zero-order chi connectivity index (χ0) is 13.2.